The van der Waals surface area contributed by atoms with Crippen molar-refractivity contribution in [3.8, 4) is 0 Å². The van der Waals surface area contributed by atoms with Crippen LogP contribution in [0, 0.1) is 11.8 Å². The van der Waals surface area contributed by atoms with Crippen LogP contribution in [0.1, 0.15) is 27.2 Å². The number of rotatable bonds is 1. The molecule has 0 heterocycles. The van der Waals surface area contributed by atoms with Gasteiger partial charge in [-0.1, -0.05) is 39.0 Å². The van der Waals surface area contributed by atoms with Crippen LogP contribution < -0.4 is 0 Å². The second kappa shape index (κ2) is 3.05. The van der Waals surface area contributed by atoms with Crippen LogP contribution in [0.25, 0.3) is 0 Å². The first-order valence-electron chi connectivity index (χ1n) is 3.90. The lowest BCUT2D eigenvalue weighted by molar-refractivity contribution is 0.778. The minimum Gasteiger partial charge on any atom is -0.0834 e. The van der Waals surface area contributed by atoms with Gasteiger partial charge < -0.3 is 0 Å². The van der Waals surface area contributed by atoms with Gasteiger partial charge in [0.25, 0.3) is 0 Å². The molecule has 0 fully saturated rings. The minimum absolute atomic E-state index is 0.673. The fourth-order valence-corrected chi connectivity index (χ4v) is 1.13. The molecular formula is C10H15. The van der Waals surface area contributed by atoms with Crippen LogP contribution in [0.4, 0.5) is 0 Å². The predicted molar refractivity (Wildman–Crippen MR) is 45.6 cm³/mol. The molecule has 55 valence electrons. The van der Waals surface area contributed by atoms with Crippen LogP contribution in [0.5, 0.6) is 0 Å². The van der Waals surface area contributed by atoms with Crippen LogP contribution in [-0.4, -0.2) is 0 Å². The Kier molecular flexibility index (Phi) is 2.31. The average molecular weight is 135 g/mol. The van der Waals surface area contributed by atoms with Crippen LogP contribution in [-0.2, 0) is 0 Å². The molecular weight excluding hydrogens is 120 g/mol. The Bertz CT molecular complexity index is 161. The molecule has 1 aliphatic carbocycles. The first-order chi connectivity index (χ1) is 4.70. The lowest BCUT2D eigenvalue weighted by Gasteiger charge is -2.14. The molecule has 0 aliphatic heterocycles. The molecule has 1 aliphatic rings. The summed E-state index contributed by atoms with van der Waals surface area (Å²) in [5, 5.41) is 0. The van der Waals surface area contributed by atoms with Gasteiger partial charge in [-0.15, -0.1) is 0 Å². The van der Waals surface area contributed by atoms with E-state index >= 15 is 0 Å². The molecule has 0 saturated carbocycles. The zero-order chi connectivity index (χ0) is 7.56. The Labute approximate surface area is 63.6 Å². The Balaban J connectivity index is 2.66. The highest BCUT2D eigenvalue weighted by atomic mass is 14.1. The van der Waals surface area contributed by atoms with E-state index in [0.717, 1.165) is 6.42 Å². The Morgan fingerprint density at radius 3 is 2.50 bits per heavy atom. The van der Waals surface area contributed by atoms with Crippen molar-refractivity contribution in [1.82, 2.24) is 0 Å². The third kappa shape index (κ3) is 1.73. The van der Waals surface area contributed by atoms with Crippen molar-refractivity contribution in [3.63, 3.8) is 0 Å². The van der Waals surface area contributed by atoms with Gasteiger partial charge in [-0.2, -0.15) is 0 Å². The lowest BCUT2D eigenvalue weighted by atomic mass is 9.92. The molecule has 0 amide bonds. The second-order valence-corrected chi connectivity index (χ2v) is 3.25. The van der Waals surface area contributed by atoms with Gasteiger partial charge in [-0.3, -0.25) is 0 Å². The summed E-state index contributed by atoms with van der Waals surface area (Å²) < 4.78 is 0. The maximum absolute atomic E-state index is 2.30. The van der Waals surface area contributed by atoms with Gasteiger partial charge in [-0.25, -0.2) is 0 Å². The molecule has 0 N–H and O–H groups in total. The Hall–Kier alpha value is -0.520. The zero-order valence-electron chi connectivity index (χ0n) is 7.02. The van der Waals surface area contributed by atoms with Gasteiger partial charge in [-0.05, 0) is 23.8 Å². The van der Waals surface area contributed by atoms with E-state index in [4.69, 9.17) is 0 Å². The smallest absolute Gasteiger partial charge is 0.00146 e. The van der Waals surface area contributed by atoms with Crippen LogP contribution >= 0.6 is 0 Å². The van der Waals surface area contributed by atoms with E-state index in [-0.39, 0.29) is 0 Å². The van der Waals surface area contributed by atoms with Gasteiger partial charge in [0.15, 0.2) is 0 Å². The molecule has 0 spiro atoms. The first-order valence-corrected chi connectivity index (χ1v) is 3.90. The van der Waals surface area contributed by atoms with Crippen LogP contribution in [0.3, 0.4) is 0 Å². The average Bonchev–Trinajstić information content (AvgIpc) is 1.88. The van der Waals surface area contributed by atoms with Gasteiger partial charge in [0.1, 0.15) is 0 Å². The summed E-state index contributed by atoms with van der Waals surface area (Å²) in [6.07, 6.45) is 7.91. The van der Waals surface area contributed by atoms with Gasteiger partial charge in [0.05, 0.1) is 0 Å². The van der Waals surface area contributed by atoms with E-state index in [0.29, 0.717) is 5.92 Å². The molecule has 1 radical (unpaired) electrons. The highest BCUT2D eigenvalue weighted by Crippen LogP contribution is 2.22. The molecule has 0 nitrogen and oxygen atoms in total. The van der Waals surface area contributed by atoms with Crippen molar-refractivity contribution in [1.29, 1.82) is 0 Å². The molecule has 0 atom stereocenters. The zero-order valence-corrected chi connectivity index (χ0v) is 7.02. The molecule has 1 rings (SSSR count). The molecule has 0 aromatic heterocycles. The maximum atomic E-state index is 2.30. The lowest BCUT2D eigenvalue weighted by Crippen LogP contribution is -1.98. The summed E-state index contributed by atoms with van der Waals surface area (Å²) in [6.45, 7) is 6.65. The van der Waals surface area contributed by atoms with Crippen LogP contribution in [0.15, 0.2) is 23.8 Å². The van der Waals surface area contributed by atoms with E-state index in [1.165, 1.54) is 11.5 Å². The van der Waals surface area contributed by atoms with Crippen molar-refractivity contribution in [3.05, 3.63) is 29.7 Å². The molecule has 0 aromatic rings. The van der Waals surface area contributed by atoms with E-state index in [1.54, 1.807) is 0 Å². The topological polar surface area (TPSA) is 0 Å². The molecule has 0 bridgehead atoms. The van der Waals surface area contributed by atoms with Gasteiger partial charge in [0, 0.05) is 0 Å². The largest absolute Gasteiger partial charge is 0.0834 e. The van der Waals surface area contributed by atoms with E-state index in [9.17, 15) is 0 Å². The summed E-state index contributed by atoms with van der Waals surface area (Å²) in [6, 6.07) is 0. The third-order valence-electron chi connectivity index (χ3n) is 1.83. The van der Waals surface area contributed by atoms with Crippen molar-refractivity contribution in [2.24, 2.45) is 5.92 Å². The normalized spacial score (nSPS) is 19.8. The maximum Gasteiger partial charge on any atom is -0.00146 e. The molecule has 10 heavy (non-hydrogen) atoms. The van der Waals surface area contributed by atoms with Crippen molar-refractivity contribution in [2.45, 2.75) is 27.2 Å². The summed E-state index contributed by atoms with van der Waals surface area (Å²) >= 11 is 0. The van der Waals surface area contributed by atoms with Crippen molar-refractivity contribution in [2.75, 3.05) is 0 Å². The monoisotopic (exact) mass is 135 g/mol. The van der Waals surface area contributed by atoms with Crippen molar-refractivity contribution < 1.29 is 0 Å². The SMILES string of the molecule is C[C]1C=C(C(C)C)C=CC1. The molecule has 0 unspecified atom stereocenters. The fraction of sp³-hybridized carbons (Fsp3) is 0.500. The van der Waals surface area contributed by atoms with Crippen molar-refractivity contribution >= 4 is 0 Å². The molecule has 0 heteroatoms. The van der Waals surface area contributed by atoms with E-state index in [1.807, 2.05) is 0 Å². The summed E-state index contributed by atoms with van der Waals surface area (Å²) in [5.74, 6) is 2.15. The Morgan fingerprint density at radius 2 is 2.10 bits per heavy atom. The Morgan fingerprint density at radius 1 is 1.40 bits per heavy atom. The predicted octanol–water partition coefficient (Wildman–Crippen LogP) is 3.12. The third-order valence-corrected chi connectivity index (χ3v) is 1.83. The van der Waals surface area contributed by atoms with E-state index in [2.05, 4.69) is 39.0 Å². The highest BCUT2D eigenvalue weighted by molar-refractivity contribution is 5.32. The van der Waals surface area contributed by atoms with Gasteiger partial charge >= 0.3 is 0 Å². The van der Waals surface area contributed by atoms with E-state index < -0.39 is 0 Å². The fourth-order valence-electron chi connectivity index (χ4n) is 1.13. The molecule has 0 aromatic carbocycles. The highest BCUT2D eigenvalue weighted by Gasteiger charge is 2.06. The first kappa shape index (κ1) is 7.59. The molecule has 0 saturated heterocycles. The number of hydrogen-bond donors (Lipinski definition) is 0. The standard InChI is InChI=1S/C10H15/c1-8(2)10-6-4-5-9(3)7-10/h4,6-8H,5H2,1-3H3. The second-order valence-electron chi connectivity index (χ2n) is 3.25. The number of allylic oxidation sites excluding steroid dienone is 4. The quantitative estimate of drug-likeness (QED) is 0.518. The summed E-state index contributed by atoms with van der Waals surface area (Å²) in [4.78, 5) is 0. The summed E-state index contributed by atoms with van der Waals surface area (Å²) in [7, 11) is 0. The summed E-state index contributed by atoms with van der Waals surface area (Å²) in [5.41, 5.74) is 1.46. The number of hydrogen-bond acceptors (Lipinski definition) is 0. The van der Waals surface area contributed by atoms with Gasteiger partial charge in [0.2, 0.25) is 0 Å². The van der Waals surface area contributed by atoms with Crippen LogP contribution in [0.2, 0.25) is 0 Å². The minimum atomic E-state index is 0.673.